The molecule has 1 rings (SSSR count). The smallest absolute Gasteiger partial charge is 0.0926 e. The van der Waals surface area contributed by atoms with Crippen molar-refractivity contribution < 1.29 is 5.11 Å². The highest BCUT2D eigenvalue weighted by Gasteiger charge is 2.05. The van der Waals surface area contributed by atoms with Gasteiger partial charge in [-0.2, -0.15) is 0 Å². The topological polar surface area (TPSA) is 36.4 Å². The number of aromatic nitrogens is 1. The maximum atomic E-state index is 9.17. The Bertz CT molecular complexity index is 286. The summed E-state index contributed by atoms with van der Waals surface area (Å²) in [5.74, 6) is 0. The third-order valence-corrected chi connectivity index (χ3v) is 3.30. The molecule has 0 bridgehead atoms. The molecule has 0 radical (unpaired) electrons. The van der Waals surface area contributed by atoms with Crippen molar-refractivity contribution in [3.8, 4) is 0 Å². The maximum Gasteiger partial charge on any atom is 0.0926 e. The lowest BCUT2D eigenvalue weighted by atomic mass is 10.3. The lowest BCUT2D eigenvalue weighted by Gasteiger charge is -2.15. The predicted molar refractivity (Wildman–Crippen MR) is 64.1 cm³/mol. The van der Waals surface area contributed by atoms with Crippen LogP contribution in [0.1, 0.15) is 31.0 Å². The van der Waals surface area contributed by atoms with E-state index in [0.717, 1.165) is 31.6 Å². The Balaban J connectivity index is 2.33. The molecule has 0 aliphatic rings. The highest BCUT2D eigenvalue weighted by Crippen LogP contribution is 2.11. The zero-order chi connectivity index (χ0) is 11.3. The van der Waals surface area contributed by atoms with Gasteiger partial charge in [0.1, 0.15) is 0 Å². The molecule has 0 amide bonds. The first-order valence-electron chi connectivity index (χ1n) is 5.41. The second-order valence-electron chi connectivity index (χ2n) is 3.96. The van der Waals surface area contributed by atoms with Crippen LogP contribution in [0.3, 0.4) is 0 Å². The first-order valence-corrected chi connectivity index (χ1v) is 6.29. The molecular formula is C11H20N2OS. The largest absolute Gasteiger partial charge is 0.393 e. The molecule has 3 nitrogen and oxygen atoms in total. The molecule has 86 valence electrons. The van der Waals surface area contributed by atoms with Gasteiger partial charge in [-0.3, -0.25) is 0 Å². The van der Waals surface area contributed by atoms with Crippen molar-refractivity contribution in [1.29, 1.82) is 0 Å². The van der Waals surface area contributed by atoms with E-state index in [0.29, 0.717) is 0 Å². The van der Waals surface area contributed by atoms with E-state index in [1.807, 2.05) is 6.92 Å². The van der Waals surface area contributed by atoms with Gasteiger partial charge in [0.05, 0.1) is 16.8 Å². The Morgan fingerprint density at radius 1 is 1.60 bits per heavy atom. The molecule has 4 heteroatoms. The summed E-state index contributed by atoms with van der Waals surface area (Å²) >= 11 is 1.73. The van der Waals surface area contributed by atoms with E-state index in [1.165, 1.54) is 5.01 Å². The molecule has 0 spiro atoms. The van der Waals surface area contributed by atoms with Crippen LogP contribution < -0.4 is 0 Å². The van der Waals surface area contributed by atoms with E-state index in [4.69, 9.17) is 5.11 Å². The quantitative estimate of drug-likeness (QED) is 0.808. The van der Waals surface area contributed by atoms with Crippen molar-refractivity contribution in [3.05, 3.63) is 16.1 Å². The zero-order valence-corrected chi connectivity index (χ0v) is 10.5. The van der Waals surface area contributed by atoms with Gasteiger partial charge in [0.15, 0.2) is 0 Å². The summed E-state index contributed by atoms with van der Waals surface area (Å²) < 4.78 is 0. The van der Waals surface area contributed by atoms with Crippen LogP contribution >= 0.6 is 11.3 Å². The van der Waals surface area contributed by atoms with Crippen molar-refractivity contribution in [3.63, 3.8) is 0 Å². The standard InChI is InChI=1S/C11H20N2OS/c1-4-11-12-10(8-15-11)7-13(3)6-5-9(2)14/h8-9,14H,4-7H2,1-3H3. The third kappa shape index (κ3) is 4.73. The molecule has 1 N–H and O–H groups in total. The lowest BCUT2D eigenvalue weighted by molar-refractivity contribution is 0.162. The number of nitrogens with zero attached hydrogens (tertiary/aromatic N) is 2. The second kappa shape index (κ2) is 6.20. The van der Waals surface area contributed by atoms with Gasteiger partial charge in [0, 0.05) is 18.5 Å². The van der Waals surface area contributed by atoms with Crippen LogP contribution in [0.15, 0.2) is 5.38 Å². The number of thiazole rings is 1. The SMILES string of the molecule is CCc1nc(CN(C)CCC(C)O)cs1. The minimum atomic E-state index is -0.214. The summed E-state index contributed by atoms with van der Waals surface area (Å²) in [5.41, 5.74) is 1.14. The van der Waals surface area contributed by atoms with Gasteiger partial charge in [0.2, 0.25) is 0 Å². The molecule has 0 saturated carbocycles. The van der Waals surface area contributed by atoms with Crippen molar-refractivity contribution in [2.45, 2.75) is 39.3 Å². The van der Waals surface area contributed by atoms with Gasteiger partial charge >= 0.3 is 0 Å². The third-order valence-electron chi connectivity index (χ3n) is 2.26. The van der Waals surface area contributed by atoms with Crippen molar-refractivity contribution >= 4 is 11.3 Å². The molecule has 1 unspecified atom stereocenters. The molecule has 0 aromatic carbocycles. The van der Waals surface area contributed by atoms with Crippen molar-refractivity contribution in [2.75, 3.05) is 13.6 Å². The van der Waals surface area contributed by atoms with E-state index in [-0.39, 0.29) is 6.10 Å². The minimum Gasteiger partial charge on any atom is -0.393 e. The minimum absolute atomic E-state index is 0.214. The van der Waals surface area contributed by atoms with Gasteiger partial charge in [-0.05, 0) is 26.8 Å². The molecule has 0 aliphatic heterocycles. The van der Waals surface area contributed by atoms with Gasteiger partial charge in [-0.25, -0.2) is 4.98 Å². The number of hydrogen-bond donors (Lipinski definition) is 1. The lowest BCUT2D eigenvalue weighted by Crippen LogP contribution is -2.22. The van der Waals surface area contributed by atoms with Gasteiger partial charge in [0.25, 0.3) is 0 Å². The summed E-state index contributed by atoms with van der Waals surface area (Å²) in [6.45, 7) is 5.74. The number of aliphatic hydroxyl groups is 1. The first-order chi connectivity index (χ1) is 7.11. The van der Waals surface area contributed by atoms with Crippen LogP contribution in [-0.2, 0) is 13.0 Å². The van der Waals surface area contributed by atoms with Crippen LogP contribution in [-0.4, -0.2) is 34.7 Å². The van der Waals surface area contributed by atoms with E-state index in [9.17, 15) is 0 Å². The van der Waals surface area contributed by atoms with Crippen LogP contribution in [0.25, 0.3) is 0 Å². The van der Waals surface area contributed by atoms with Crippen molar-refractivity contribution in [1.82, 2.24) is 9.88 Å². The Hall–Kier alpha value is -0.450. The van der Waals surface area contributed by atoms with E-state index in [2.05, 4.69) is 29.2 Å². The fourth-order valence-corrected chi connectivity index (χ4v) is 2.08. The Labute approximate surface area is 95.8 Å². The van der Waals surface area contributed by atoms with Crippen molar-refractivity contribution in [2.24, 2.45) is 0 Å². The van der Waals surface area contributed by atoms with E-state index in [1.54, 1.807) is 11.3 Å². The fourth-order valence-electron chi connectivity index (χ4n) is 1.35. The monoisotopic (exact) mass is 228 g/mol. The van der Waals surface area contributed by atoms with Crippen LogP contribution in [0.5, 0.6) is 0 Å². The number of aliphatic hydroxyl groups excluding tert-OH is 1. The summed E-state index contributed by atoms with van der Waals surface area (Å²) in [6, 6.07) is 0. The maximum absolute atomic E-state index is 9.17. The molecule has 1 atom stereocenters. The molecule has 0 fully saturated rings. The fraction of sp³-hybridized carbons (Fsp3) is 0.727. The average Bonchev–Trinajstić information content (AvgIpc) is 2.62. The highest BCUT2D eigenvalue weighted by molar-refractivity contribution is 7.09. The first kappa shape index (κ1) is 12.6. The van der Waals surface area contributed by atoms with Gasteiger partial charge < -0.3 is 10.0 Å². The summed E-state index contributed by atoms with van der Waals surface area (Å²) in [7, 11) is 2.06. The molecule has 15 heavy (non-hydrogen) atoms. The molecule has 0 saturated heterocycles. The molecule has 1 aromatic heterocycles. The Kier molecular flexibility index (Phi) is 5.22. The second-order valence-corrected chi connectivity index (χ2v) is 4.90. The van der Waals surface area contributed by atoms with E-state index >= 15 is 0 Å². The number of aryl methyl sites for hydroxylation is 1. The van der Waals surface area contributed by atoms with Gasteiger partial charge in [-0.15, -0.1) is 11.3 Å². The van der Waals surface area contributed by atoms with E-state index < -0.39 is 0 Å². The number of rotatable bonds is 6. The predicted octanol–water partition coefficient (Wildman–Crippen LogP) is 1.91. The summed E-state index contributed by atoms with van der Waals surface area (Å²) in [4.78, 5) is 6.71. The van der Waals surface area contributed by atoms with Crippen LogP contribution in [0, 0.1) is 0 Å². The summed E-state index contributed by atoms with van der Waals surface area (Å²) in [6.07, 6.45) is 1.62. The average molecular weight is 228 g/mol. The number of hydrogen-bond acceptors (Lipinski definition) is 4. The van der Waals surface area contributed by atoms with Crippen LogP contribution in [0.4, 0.5) is 0 Å². The molecule has 0 aliphatic carbocycles. The zero-order valence-electron chi connectivity index (χ0n) is 9.73. The molecule has 1 aromatic rings. The Morgan fingerprint density at radius 3 is 2.87 bits per heavy atom. The van der Waals surface area contributed by atoms with Gasteiger partial charge in [-0.1, -0.05) is 6.92 Å². The summed E-state index contributed by atoms with van der Waals surface area (Å²) in [5, 5.41) is 12.5. The normalized spacial score (nSPS) is 13.4. The highest BCUT2D eigenvalue weighted by atomic mass is 32.1. The molecular weight excluding hydrogens is 208 g/mol. The Morgan fingerprint density at radius 2 is 2.33 bits per heavy atom. The molecule has 1 heterocycles. The van der Waals surface area contributed by atoms with Crippen LogP contribution in [0.2, 0.25) is 0 Å².